The second-order valence-electron chi connectivity index (χ2n) is 4.67. The van der Waals surface area contributed by atoms with Crippen molar-refractivity contribution >= 4 is 10.0 Å². The molecule has 0 saturated heterocycles. The quantitative estimate of drug-likeness (QED) is 0.913. The molecule has 1 heterocycles. The maximum absolute atomic E-state index is 12.3. The van der Waals surface area contributed by atoms with Gasteiger partial charge in [0, 0.05) is 13.6 Å². The molecule has 0 spiro atoms. The minimum atomic E-state index is -3.63. The molecular formula is C14H18N2O3S. The lowest BCUT2D eigenvalue weighted by Crippen LogP contribution is -2.26. The van der Waals surface area contributed by atoms with Gasteiger partial charge in [-0.15, -0.1) is 0 Å². The first-order valence-electron chi connectivity index (χ1n) is 6.24. The molecule has 0 radical (unpaired) electrons. The van der Waals surface area contributed by atoms with Crippen molar-refractivity contribution in [2.45, 2.75) is 25.1 Å². The van der Waals surface area contributed by atoms with Crippen LogP contribution < -0.4 is 5.73 Å². The second kappa shape index (κ2) is 5.78. The van der Waals surface area contributed by atoms with Crippen molar-refractivity contribution in [2.75, 3.05) is 7.05 Å². The summed E-state index contributed by atoms with van der Waals surface area (Å²) in [6.07, 6.45) is 0. The van der Waals surface area contributed by atoms with E-state index in [1.54, 1.807) is 6.07 Å². The second-order valence-corrected chi connectivity index (χ2v) is 6.65. The number of benzene rings is 1. The van der Waals surface area contributed by atoms with E-state index in [1.165, 1.54) is 17.4 Å². The molecule has 0 saturated carbocycles. The standard InChI is InChI=1S/C14H18N2O3S/c1-11-3-5-12(6-4-11)10-16(2)20(17,18)14-8-7-13(9-15)19-14/h3-8H,9-10,15H2,1-2H3. The molecule has 108 valence electrons. The third-order valence-electron chi connectivity index (χ3n) is 3.03. The average molecular weight is 294 g/mol. The molecule has 6 heteroatoms. The van der Waals surface area contributed by atoms with Gasteiger partial charge in [0.15, 0.2) is 0 Å². The van der Waals surface area contributed by atoms with E-state index in [1.807, 2.05) is 31.2 Å². The number of hydrogen-bond acceptors (Lipinski definition) is 4. The van der Waals surface area contributed by atoms with Crippen LogP contribution in [0.2, 0.25) is 0 Å². The Morgan fingerprint density at radius 3 is 2.35 bits per heavy atom. The van der Waals surface area contributed by atoms with Crippen molar-refractivity contribution < 1.29 is 12.8 Å². The van der Waals surface area contributed by atoms with Crippen LogP contribution in [-0.4, -0.2) is 19.8 Å². The minimum Gasteiger partial charge on any atom is -0.447 e. The van der Waals surface area contributed by atoms with Crippen molar-refractivity contribution in [1.82, 2.24) is 4.31 Å². The first kappa shape index (κ1) is 14.8. The molecule has 1 aromatic carbocycles. The minimum absolute atomic E-state index is 0.0763. The van der Waals surface area contributed by atoms with Crippen LogP contribution in [0, 0.1) is 6.92 Å². The highest BCUT2D eigenvalue weighted by molar-refractivity contribution is 7.88. The highest BCUT2D eigenvalue weighted by Crippen LogP contribution is 2.19. The maximum Gasteiger partial charge on any atom is 0.276 e. The Balaban J connectivity index is 2.18. The Kier molecular flexibility index (Phi) is 4.27. The van der Waals surface area contributed by atoms with Gasteiger partial charge >= 0.3 is 0 Å². The highest BCUT2D eigenvalue weighted by atomic mass is 32.2. The SMILES string of the molecule is Cc1ccc(CN(C)S(=O)(=O)c2ccc(CN)o2)cc1. The van der Waals surface area contributed by atoms with E-state index in [4.69, 9.17) is 10.2 Å². The zero-order chi connectivity index (χ0) is 14.8. The Labute approximate surface area is 119 Å². The lowest BCUT2D eigenvalue weighted by atomic mass is 10.1. The summed E-state index contributed by atoms with van der Waals surface area (Å²) in [4.78, 5) is 0. The first-order chi connectivity index (χ1) is 9.43. The van der Waals surface area contributed by atoms with Crippen LogP contribution in [-0.2, 0) is 23.1 Å². The number of nitrogens with two attached hydrogens (primary N) is 1. The molecule has 2 aromatic rings. The third kappa shape index (κ3) is 3.09. The maximum atomic E-state index is 12.3. The molecule has 0 amide bonds. The Bertz CT molecular complexity index is 675. The molecule has 2 N–H and O–H groups in total. The summed E-state index contributed by atoms with van der Waals surface area (Å²) in [6, 6.07) is 10.7. The van der Waals surface area contributed by atoms with Gasteiger partial charge in [-0.25, -0.2) is 8.42 Å². The predicted octanol–water partition coefficient (Wildman–Crippen LogP) is 1.87. The Morgan fingerprint density at radius 2 is 1.80 bits per heavy atom. The Hall–Kier alpha value is -1.63. The van der Waals surface area contributed by atoms with E-state index in [9.17, 15) is 8.42 Å². The van der Waals surface area contributed by atoms with Crippen molar-refractivity contribution in [3.05, 3.63) is 53.3 Å². The molecule has 0 unspecified atom stereocenters. The van der Waals surface area contributed by atoms with Gasteiger partial charge in [-0.2, -0.15) is 4.31 Å². The molecule has 2 rings (SSSR count). The highest BCUT2D eigenvalue weighted by Gasteiger charge is 2.24. The van der Waals surface area contributed by atoms with Crippen LogP contribution in [0.4, 0.5) is 0 Å². The molecule has 5 nitrogen and oxygen atoms in total. The Morgan fingerprint density at radius 1 is 1.15 bits per heavy atom. The van der Waals surface area contributed by atoms with Crippen molar-refractivity contribution in [1.29, 1.82) is 0 Å². The van der Waals surface area contributed by atoms with E-state index in [0.29, 0.717) is 12.3 Å². The summed E-state index contributed by atoms with van der Waals surface area (Å²) in [5.74, 6) is 0.451. The summed E-state index contributed by atoms with van der Waals surface area (Å²) >= 11 is 0. The molecule has 0 fully saturated rings. The van der Waals surface area contributed by atoms with Crippen molar-refractivity contribution in [3.63, 3.8) is 0 Å². The lowest BCUT2D eigenvalue weighted by Gasteiger charge is -2.15. The van der Waals surface area contributed by atoms with Gasteiger partial charge in [0.2, 0.25) is 5.09 Å². The molecule has 20 heavy (non-hydrogen) atoms. The fraction of sp³-hybridized carbons (Fsp3) is 0.286. The van der Waals surface area contributed by atoms with Crippen LogP contribution in [0.25, 0.3) is 0 Å². The van der Waals surface area contributed by atoms with Crippen LogP contribution in [0.15, 0.2) is 45.9 Å². The van der Waals surface area contributed by atoms with Gasteiger partial charge in [0.1, 0.15) is 5.76 Å². The summed E-state index contributed by atoms with van der Waals surface area (Å²) in [6.45, 7) is 2.46. The van der Waals surface area contributed by atoms with E-state index in [2.05, 4.69) is 0 Å². The molecule has 0 aliphatic heterocycles. The predicted molar refractivity (Wildman–Crippen MR) is 76.4 cm³/mol. The van der Waals surface area contributed by atoms with Gasteiger partial charge in [-0.3, -0.25) is 0 Å². The summed E-state index contributed by atoms with van der Waals surface area (Å²) in [5, 5.41) is -0.0763. The average Bonchev–Trinajstić information content (AvgIpc) is 2.90. The largest absolute Gasteiger partial charge is 0.447 e. The molecular weight excluding hydrogens is 276 g/mol. The fourth-order valence-corrected chi connectivity index (χ4v) is 2.87. The van der Waals surface area contributed by atoms with Gasteiger partial charge in [-0.05, 0) is 24.6 Å². The normalized spacial score (nSPS) is 12.0. The molecule has 0 atom stereocenters. The monoisotopic (exact) mass is 294 g/mol. The number of hydrogen-bond donors (Lipinski definition) is 1. The van der Waals surface area contributed by atoms with Gasteiger partial charge in [0.05, 0.1) is 6.54 Å². The van der Waals surface area contributed by atoms with E-state index < -0.39 is 10.0 Å². The van der Waals surface area contributed by atoms with Crippen LogP contribution >= 0.6 is 0 Å². The summed E-state index contributed by atoms with van der Waals surface area (Å²) in [5.41, 5.74) is 7.48. The molecule has 0 aliphatic rings. The van der Waals surface area contributed by atoms with E-state index >= 15 is 0 Å². The third-order valence-corrected chi connectivity index (χ3v) is 4.71. The van der Waals surface area contributed by atoms with Crippen molar-refractivity contribution in [3.8, 4) is 0 Å². The lowest BCUT2D eigenvalue weighted by molar-refractivity contribution is 0.387. The fourth-order valence-electron chi connectivity index (χ4n) is 1.80. The summed E-state index contributed by atoms with van der Waals surface area (Å²) in [7, 11) is -2.10. The topological polar surface area (TPSA) is 76.5 Å². The van der Waals surface area contributed by atoms with Gasteiger partial charge < -0.3 is 10.2 Å². The van der Waals surface area contributed by atoms with E-state index in [0.717, 1.165) is 11.1 Å². The van der Waals surface area contributed by atoms with Gasteiger partial charge in [0.25, 0.3) is 10.0 Å². The number of aryl methyl sites for hydroxylation is 1. The van der Waals surface area contributed by atoms with Crippen molar-refractivity contribution in [2.24, 2.45) is 5.73 Å². The van der Waals surface area contributed by atoms with Crippen LogP contribution in [0.1, 0.15) is 16.9 Å². The zero-order valence-corrected chi connectivity index (χ0v) is 12.4. The van der Waals surface area contributed by atoms with Gasteiger partial charge in [-0.1, -0.05) is 29.8 Å². The molecule has 0 bridgehead atoms. The molecule has 1 aromatic heterocycles. The van der Waals surface area contributed by atoms with E-state index in [-0.39, 0.29) is 11.6 Å². The van der Waals surface area contributed by atoms with Crippen LogP contribution in [0.3, 0.4) is 0 Å². The van der Waals surface area contributed by atoms with Crippen LogP contribution in [0.5, 0.6) is 0 Å². The number of rotatable bonds is 5. The number of sulfonamides is 1. The number of nitrogens with zero attached hydrogens (tertiary/aromatic N) is 1. The molecule has 0 aliphatic carbocycles. The zero-order valence-electron chi connectivity index (χ0n) is 11.5. The summed E-state index contributed by atoms with van der Waals surface area (Å²) < 4.78 is 31.1. The number of furan rings is 1. The first-order valence-corrected chi connectivity index (χ1v) is 7.68. The smallest absolute Gasteiger partial charge is 0.276 e.